The lowest BCUT2D eigenvalue weighted by atomic mass is 9.71. The highest BCUT2D eigenvalue weighted by atomic mass is 16.5. The average molecular weight is 184 g/mol. The van der Waals surface area contributed by atoms with E-state index in [9.17, 15) is 0 Å². The van der Waals surface area contributed by atoms with Crippen molar-refractivity contribution in [3.05, 3.63) is 0 Å². The van der Waals surface area contributed by atoms with Gasteiger partial charge in [-0.3, -0.25) is 0 Å². The van der Waals surface area contributed by atoms with E-state index in [2.05, 4.69) is 20.8 Å². The molecule has 0 radical (unpaired) electrons. The van der Waals surface area contributed by atoms with E-state index in [0.717, 1.165) is 6.61 Å². The molecule has 0 bridgehead atoms. The summed E-state index contributed by atoms with van der Waals surface area (Å²) < 4.78 is 5.68. The van der Waals surface area contributed by atoms with Gasteiger partial charge in [-0.1, -0.05) is 40.0 Å². The minimum atomic E-state index is 0.562. The SMILES string of the molecule is CCCCC1(CC)COC1CCC. The maximum Gasteiger partial charge on any atom is 0.0653 e. The smallest absolute Gasteiger partial charge is 0.0653 e. The number of unbranched alkanes of at least 4 members (excludes halogenated alkanes) is 1. The summed E-state index contributed by atoms with van der Waals surface area (Å²) in [5, 5.41) is 0. The maximum absolute atomic E-state index is 5.68. The predicted molar refractivity (Wildman–Crippen MR) is 56.9 cm³/mol. The van der Waals surface area contributed by atoms with Crippen molar-refractivity contribution in [2.24, 2.45) is 5.41 Å². The van der Waals surface area contributed by atoms with Crippen molar-refractivity contribution in [2.45, 2.75) is 65.4 Å². The molecule has 0 saturated carbocycles. The van der Waals surface area contributed by atoms with Crippen LogP contribution >= 0.6 is 0 Å². The molecule has 1 fully saturated rings. The lowest BCUT2D eigenvalue weighted by Crippen LogP contribution is -2.51. The van der Waals surface area contributed by atoms with Gasteiger partial charge in [0.15, 0.2) is 0 Å². The first-order valence-corrected chi connectivity index (χ1v) is 5.90. The third-order valence-electron chi connectivity index (χ3n) is 3.54. The maximum atomic E-state index is 5.68. The van der Waals surface area contributed by atoms with Crippen molar-refractivity contribution in [1.82, 2.24) is 0 Å². The molecule has 13 heavy (non-hydrogen) atoms. The molecule has 1 heterocycles. The second-order valence-electron chi connectivity index (χ2n) is 4.41. The van der Waals surface area contributed by atoms with E-state index in [-0.39, 0.29) is 0 Å². The molecule has 0 amide bonds. The molecule has 0 aromatic heterocycles. The Morgan fingerprint density at radius 2 is 2.00 bits per heavy atom. The van der Waals surface area contributed by atoms with Crippen LogP contribution in [-0.2, 0) is 4.74 Å². The van der Waals surface area contributed by atoms with Gasteiger partial charge >= 0.3 is 0 Å². The van der Waals surface area contributed by atoms with Crippen LogP contribution in [0.4, 0.5) is 0 Å². The summed E-state index contributed by atoms with van der Waals surface area (Å²) in [6.45, 7) is 7.87. The number of rotatable bonds is 6. The van der Waals surface area contributed by atoms with Crippen molar-refractivity contribution in [2.75, 3.05) is 6.61 Å². The van der Waals surface area contributed by atoms with Gasteiger partial charge in [0.25, 0.3) is 0 Å². The highest BCUT2D eigenvalue weighted by molar-refractivity contribution is 4.93. The van der Waals surface area contributed by atoms with Crippen LogP contribution in [0.1, 0.15) is 59.3 Å². The average Bonchev–Trinajstić information content (AvgIpc) is 2.14. The number of ether oxygens (including phenoxy) is 1. The molecule has 2 atom stereocenters. The second kappa shape index (κ2) is 4.99. The summed E-state index contributed by atoms with van der Waals surface area (Å²) >= 11 is 0. The van der Waals surface area contributed by atoms with Crippen LogP contribution in [0.3, 0.4) is 0 Å². The number of hydrogen-bond acceptors (Lipinski definition) is 1. The van der Waals surface area contributed by atoms with Crippen LogP contribution < -0.4 is 0 Å². The summed E-state index contributed by atoms with van der Waals surface area (Å²) in [5.41, 5.74) is 0.562. The lowest BCUT2D eigenvalue weighted by molar-refractivity contribution is -0.195. The van der Waals surface area contributed by atoms with E-state index in [1.807, 2.05) is 0 Å². The zero-order chi connectivity index (χ0) is 9.73. The van der Waals surface area contributed by atoms with Gasteiger partial charge in [0.2, 0.25) is 0 Å². The Labute approximate surface area is 82.9 Å². The summed E-state index contributed by atoms with van der Waals surface area (Å²) in [6, 6.07) is 0. The van der Waals surface area contributed by atoms with E-state index >= 15 is 0 Å². The summed E-state index contributed by atoms with van der Waals surface area (Å²) in [6.07, 6.45) is 8.48. The van der Waals surface area contributed by atoms with Crippen LogP contribution in [0.15, 0.2) is 0 Å². The molecule has 1 saturated heterocycles. The zero-order valence-electron chi connectivity index (χ0n) is 9.44. The highest BCUT2D eigenvalue weighted by Gasteiger charge is 2.45. The number of hydrogen-bond donors (Lipinski definition) is 0. The molecule has 1 heteroatoms. The first-order chi connectivity index (χ1) is 6.29. The van der Waals surface area contributed by atoms with Gasteiger partial charge < -0.3 is 4.74 Å². The van der Waals surface area contributed by atoms with E-state index in [1.54, 1.807) is 0 Å². The Hall–Kier alpha value is -0.0400. The van der Waals surface area contributed by atoms with Crippen molar-refractivity contribution in [3.8, 4) is 0 Å². The molecule has 0 aliphatic carbocycles. The Morgan fingerprint density at radius 3 is 2.38 bits per heavy atom. The highest BCUT2D eigenvalue weighted by Crippen LogP contribution is 2.44. The first kappa shape index (κ1) is 11.0. The van der Waals surface area contributed by atoms with Crippen molar-refractivity contribution in [1.29, 1.82) is 0 Å². The normalized spacial score (nSPS) is 33.0. The monoisotopic (exact) mass is 184 g/mol. The van der Waals surface area contributed by atoms with Gasteiger partial charge in [-0.15, -0.1) is 0 Å². The zero-order valence-corrected chi connectivity index (χ0v) is 9.44. The van der Waals surface area contributed by atoms with Gasteiger partial charge in [-0.05, 0) is 19.3 Å². The summed E-state index contributed by atoms with van der Waals surface area (Å²) in [7, 11) is 0. The Kier molecular flexibility index (Phi) is 4.24. The Balaban J connectivity index is 2.39. The fourth-order valence-corrected chi connectivity index (χ4v) is 2.36. The van der Waals surface area contributed by atoms with Gasteiger partial charge in [-0.2, -0.15) is 0 Å². The molecule has 0 aromatic carbocycles. The molecule has 1 aliphatic heterocycles. The van der Waals surface area contributed by atoms with Gasteiger partial charge in [0, 0.05) is 5.41 Å². The first-order valence-electron chi connectivity index (χ1n) is 5.90. The minimum Gasteiger partial charge on any atom is -0.377 e. The van der Waals surface area contributed by atoms with Crippen LogP contribution in [-0.4, -0.2) is 12.7 Å². The molecule has 0 N–H and O–H groups in total. The molecule has 1 aliphatic rings. The molecule has 78 valence electrons. The van der Waals surface area contributed by atoms with Crippen molar-refractivity contribution in [3.63, 3.8) is 0 Å². The van der Waals surface area contributed by atoms with E-state index in [4.69, 9.17) is 4.74 Å². The standard InChI is InChI=1S/C12H24O/c1-4-7-9-12(6-3)10-13-11(12)8-5-2/h11H,4-10H2,1-3H3. The largest absolute Gasteiger partial charge is 0.377 e. The van der Waals surface area contributed by atoms with Gasteiger partial charge in [0.05, 0.1) is 12.7 Å². The van der Waals surface area contributed by atoms with E-state index in [0.29, 0.717) is 11.5 Å². The molecular weight excluding hydrogens is 160 g/mol. The van der Waals surface area contributed by atoms with Crippen molar-refractivity contribution < 1.29 is 4.74 Å². The second-order valence-corrected chi connectivity index (χ2v) is 4.41. The van der Waals surface area contributed by atoms with Crippen LogP contribution in [0.5, 0.6) is 0 Å². The molecular formula is C12H24O. The third kappa shape index (κ3) is 2.25. The van der Waals surface area contributed by atoms with Crippen LogP contribution in [0.25, 0.3) is 0 Å². The minimum absolute atomic E-state index is 0.562. The van der Waals surface area contributed by atoms with Crippen molar-refractivity contribution >= 4 is 0 Å². The third-order valence-corrected chi connectivity index (χ3v) is 3.54. The van der Waals surface area contributed by atoms with Gasteiger partial charge in [-0.25, -0.2) is 0 Å². The fraction of sp³-hybridized carbons (Fsp3) is 1.00. The summed E-state index contributed by atoms with van der Waals surface area (Å²) in [5.74, 6) is 0. The molecule has 0 aromatic rings. The molecule has 0 spiro atoms. The van der Waals surface area contributed by atoms with E-state index < -0.39 is 0 Å². The van der Waals surface area contributed by atoms with E-state index in [1.165, 1.54) is 38.5 Å². The Morgan fingerprint density at radius 1 is 1.23 bits per heavy atom. The van der Waals surface area contributed by atoms with Crippen LogP contribution in [0.2, 0.25) is 0 Å². The van der Waals surface area contributed by atoms with Gasteiger partial charge in [0.1, 0.15) is 0 Å². The Bertz CT molecular complexity index is 140. The lowest BCUT2D eigenvalue weighted by Gasteiger charge is -2.49. The molecule has 2 unspecified atom stereocenters. The molecule has 1 rings (SSSR count). The quantitative estimate of drug-likeness (QED) is 0.610. The molecule has 1 nitrogen and oxygen atoms in total. The predicted octanol–water partition coefficient (Wildman–Crippen LogP) is 3.77. The van der Waals surface area contributed by atoms with Crippen LogP contribution in [0, 0.1) is 5.41 Å². The topological polar surface area (TPSA) is 9.23 Å². The fourth-order valence-electron chi connectivity index (χ4n) is 2.36. The summed E-state index contributed by atoms with van der Waals surface area (Å²) in [4.78, 5) is 0.